The minimum atomic E-state index is -0.0109. The van der Waals surface area contributed by atoms with E-state index in [0.29, 0.717) is 12.6 Å². The molecular formula is C14H21N5O2. The lowest BCUT2D eigenvalue weighted by atomic mass is 10.1. The Balaban J connectivity index is 2.14. The molecule has 1 atom stereocenters. The van der Waals surface area contributed by atoms with Crippen LogP contribution in [0.1, 0.15) is 43.4 Å². The fraction of sp³-hybridized carbons (Fsp3) is 0.500. The molecule has 0 aliphatic rings. The molecule has 0 fully saturated rings. The van der Waals surface area contributed by atoms with E-state index < -0.39 is 0 Å². The molecule has 2 rings (SSSR count). The zero-order valence-electron chi connectivity index (χ0n) is 12.8. The van der Waals surface area contributed by atoms with Crippen LogP contribution in [0.3, 0.4) is 0 Å². The summed E-state index contributed by atoms with van der Waals surface area (Å²) in [4.78, 5) is 12.2. The first-order valence-corrected chi connectivity index (χ1v) is 6.97. The number of nitrogens with two attached hydrogens (primary N) is 1. The van der Waals surface area contributed by atoms with Gasteiger partial charge < -0.3 is 20.2 Å². The maximum absolute atomic E-state index is 5.68. The lowest BCUT2D eigenvalue weighted by Crippen LogP contribution is -2.13. The van der Waals surface area contributed by atoms with Gasteiger partial charge in [0.25, 0.3) is 0 Å². The molecule has 114 valence electrons. The summed E-state index contributed by atoms with van der Waals surface area (Å²) in [6, 6.07) is 2.22. The molecule has 0 bridgehead atoms. The number of ether oxygens (including phenoxy) is 1. The third-order valence-corrected chi connectivity index (χ3v) is 2.96. The minimum absolute atomic E-state index is 0.0109. The van der Waals surface area contributed by atoms with Crippen LogP contribution in [0.15, 0.2) is 10.5 Å². The van der Waals surface area contributed by atoms with E-state index in [1.807, 2.05) is 33.8 Å². The first-order valence-electron chi connectivity index (χ1n) is 6.97. The van der Waals surface area contributed by atoms with Gasteiger partial charge in [0.1, 0.15) is 11.5 Å². The maximum Gasteiger partial charge on any atom is 0.323 e. The van der Waals surface area contributed by atoms with Gasteiger partial charge in [0.2, 0.25) is 11.9 Å². The van der Waals surface area contributed by atoms with E-state index >= 15 is 0 Å². The average molecular weight is 291 g/mol. The van der Waals surface area contributed by atoms with E-state index in [9.17, 15) is 0 Å². The van der Waals surface area contributed by atoms with Gasteiger partial charge in [-0.2, -0.15) is 15.0 Å². The Kier molecular flexibility index (Phi) is 4.62. The van der Waals surface area contributed by atoms with Crippen molar-refractivity contribution in [1.82, 2.24) is 15.0 Å². The molecular weight excluding hydrogens is 270 g/mol. The highest BCUT2D eigenvalue weighted by atomic mass is 16.5. The third kappa shape index (κ3) is 3.84. The molecule has 3 N–H and O–H groups in total. The van der Waals surface area contributed by atoms with Crippen molar-refractivity contribution in [1.29, 1.82) is 0 Å². The zero-order chi connectivity index (χ0) is 15.4. The Morgan fingerprint density at radius 2 is 2.10 bits per heavy atom. The van der Waals surface area contributed by atoms with Crippen LogP contribution in [-0.2, 0) is 0 Å². The van der Waals surface area contributed by atoms with Gasteiger partial charge in [-0.1, -0.05) is 6.92 Å². The van der Waals surface area contributed by atoms with E-state index in [0.717, 1.165) is 23.5 Å². The molecule has 1 unspecified atom stereocenters. The molecule has 2 heterocycles. The van der Waals surface area contributed by atoms with E-state index in [4.69, 9.17) is 14.9 Å². The number of rotatable bonds is 6. The average Bonchev–Trinajstić information content (AvgIpc) is 2.75. The van der Waals surface area contributed by atoms with Crippen molar-refractivity contribution in [3.8, 4) is 6.01 Å². The lowest BCUT2D eigenvalue weighted by molar-refractivity contribution is 0.292. The summed E-state index contributed by atoms with van der Waals surface area (Å²) in [5.74, 6) is 2.26. The summed E-state index contributed by atoms with van der Waals surface area (Å²) >= 11 is 0. The third-order valence-electron chi connectivity index (χ3n) is 2.96. The number of nitrogens with one attached hydrogen (secondary N) is 1. The van der Waals surface area contributed by atoms with Crippen molar-refractivity contribution in [2.24, 2.45) is 0 Å². The van der Waals surface area contributed by atoms with Crippen LogP contribution in [0.5, 0.6) is 6.01 Å². The van der Waals surface area contributed by atoms with Crippen LogP contribution < -0.4 is 15.8 Å². The summed E-state index contributed by atoms with van der Waals surface area (Å²) in [5.41, 5.74) is 6.74. The fourth-order valence-corrected chi connectivity index (χ4v) is 2.05. The molecule has 7 nitrogen and oxygen atoms in total. The Morgan fingerprint density at radius 3 is 2.71 bits per heavy atom. The van der Waals surface area contributed by atoms with Crippen LogP contribution in [-0.4, -0.2) is 21.6 Å². The second kappa shape index (κ2) is 6.43. The summed E-state index contributed by atoms with van der Waals surface area (Å²) in [5, 5.41) is 3.19. The standard InChI is InChI=1S/C14H21N5O2/c1-5-6-20-14-18-12(15)17-13(19-14)16-9(3)11-7-8(2)21-10(11)4/h7,9H,5-6H2,1-4H3,(H3,15,16,17,18,19). The van der Waals surface area contributed by atoms with E-state index in [2.05, 4.69) is 20.3 Å². The smallest absolute Gasteiger partial charge is 0.323 e. The Hall–Kier alpha value is -2.31. The van der Waals surface area contributed by atoms with E-state index in [1.165, 1.54) is 0 Å². The van der Waals surface area contributed by atoms with Gasteiger partial charge in [0.05, 0.1) is 12.6 Å². The topological polar surface area (TPSA) is 99.1 Å². The normalized spacial score (nSPS) is 12.2. The summed E-state index contributed by atoms with van der Waals surface area (Å²) in [6.07, 6.45) is 0.873. The second-order valence-corrected chi connectivity index (χ2v) is 4.88. The number of hydrogen-bond acceptors (Lipinski definition) is 7. The van der Waals surface area contributed by atoms with Crippen LogP contribution in [0, 0.1) is 13.8 Å². The SMILES string of the molecule is CCCOc1nc(N)nc(NC(C)c2cc(C)oc2C)n1. The molecule has 0 saturated heterocycles. The number of nitrogens with zero attached hydrogens (tertiary/aromatic N) is 3. The fourth-order valence-electron chi connectivity index (χ4n) is 2.05. The highest BCUT2D eigenvalue weighted by Crippen LogP contribution is 2.24. The predicted molar refractivity (Wildman–Crippen MR) is 80.2 cm³/mol. The Bertz CT molecular complexity index is 611. The Morgan fingerprint density at radius 1 is 1.33 bits per heavy atom. The molecule has 0 amide bonds. The van der Waals surface area contributed by atoms with Crippen molar-refractivity contribution in [2.45, 2.75) is 40.2 Å². The molecule has 0 aliphatic heterocycles. The number of aromatic nitrogens is 3. The Labute approximate surface area is 123 Å². The second-order valence-electron chi connectivity index (χ2n) is 4.88. The van der Waals surface area contributed by atoms with Crippen LogP contribution in [0.4, 0.5) is 11.9 Å². The van der Waals surface area contributed by atoms with Crippen LogP contribution in [0.25, 0.3) is 0 Å². The maximum atomic E-state index is 5.68. The van der Waals surface area contributed by atoms with Crippen molar-refractivity contribution in [3.63, 3.8) is 0 Å². The molecule has 0 spiro atoms. The predicted octanol–water partition coefficient (Wildman–Crippen LogP) is 2.63. The van der Waals surface area contributed by atoms with Gasteiger partial charge in [0.15, 0.2) is 0 Å². The van der Waals surface area contributed by atoms with E-state index in [-0.39, 0.29) is 18.0 Å². The molecule has 21 heavy (non-hydrogen) atoms. The molecule has 2 aromatic rings. The van der Waals surface area contributed by atoms with Gasteiger partial charge >= 0.3 is 6.01 Å². The van der Waals surface area contributed by atoms with Crippen molar-refractivity contribution in [3.05, 3.63) is 23.2 Å². The van der Waals surface area contributed by atoms with Gasteiger partial charge in [0, 0.05) is 5.56 Å². The number of nitrogen functional groups attached to an aromatic ring is 1. The monoisotopic (exact) mass is 291 g/mol. The molecule has 0 saturated carbocycles. The van der Waals surface area contributed by atoms with Crippen molar-refractivity contribution >= 4 is 11.9 Å². The van der Waals surface area contributed by atoms with Crippen molar-refractivity contribution in [2.75, 3.05) is 17.7 Å². The molecule has 2 aromatic heterocycles. The van der Waals surface area contributed by atoms with Crippen LogP contribution in [0.2, 0.25) is 0 Å². The molecule has 0 aromatic carbocycles. The number of furan rings is 1. The first-order chi connectivity index (χ1) is 9.99. The molecule has 0 radical (unpaired) electrons. The quantitative estimate of drug-likeness (QED) is 0.843. The first kappa shape index (κ1) is 15.1. The van der Waals surface area contributed by atoms with Crippen molar-refractivity contribution < 1.29 is 9.15 Å². The minimum Gasteiger partial charge on any atom is -0.466 e. The molecule has 7 heteroatoms. The summed E-state index contributed by atoms with van der Waals surface area (Å²) in [7, 11) is 0. The van der Waals surface area contributed by atoms with E-state index in [1.54, 1.807) is 0 Å². The van der Waals surface area contributed by atoms with Crippen LogP contribution >= 0.6 is 0 Å². The van der Waals surface area contributed by atoms with Gasteiger partial charge in [-0.15, -0.1) is 0 Å². The number of anilines is 2. The van der Waals surface area contributed by atoms with Gasteiger partial charge in [-0.05, 0) is 33.3 Å². The number of hydrogen-bond donors (Lipinski definition) is 2. The highest BCUT2D eigenvalue weighted by molar-refractivity contribution is 5.37. The highest BCUT2D eigenvalue weighted by Gasteiger charge is 2.15. The largest absolute Gasteiger partial charge is 0.466 e. The number of aryl methyl sites for hydroxylation is 2. The van der Waals surface area contributed by atoms with Gasteiger partial charge in [-0.25, -0.2) is 0 Å². The zero-order valence-corrected chi connectivity index (χ0v) is 12.8. The summed E-state index contributed by atoms with van der Waals surface area (Å²) in [6.45, 7) is 8.40. The summed E-state index contributed by atoms with van der Waals surface area (Å²) < 4.78 is 10.9. The van der Waals surface area contributed by atoms with Gasteiger partial charge in [-0.3, -0.25) is 0 Å². The molecule has 0 aliphatic carbocycles. The lowest BCUT2D eigenvalue weighted by Gasteiger charge is -2.13.